The Morgan fingerprint density at radius 1 is 1.55 bits per heavy atom. The highest BCUT2D eigenvalue weighted by Crippen LogP contribution is 2.20. The number of carboxylic acids is 1. The largest absolute Gasteiger partial charge is 0.481 e. The summed E-state index contributed by atoms with van der Waals surface area (Å²) in [6.45, 7) is 4.76. The molecular weight excluding hydrogens is 146 g/mol. The fourth-order valence-corrected chi connectivity index (χ4v) is 0.751. The highest BCUT2D eigenvalue weighted by Gasteiger charge is 2.27. The van der Waals surface area contributed by atoms with Gasteiger partial charge in [0, 0.05) is 6.42 Å². The van der Waals surface area contributed by atoms with Crippen molar-refractivity contribution >= 4 is 11.7 Å². The lowest BCUT2D eigenvalue weighted by Crippen LogP contribution is -2.26. The van der Waals surface area contributed by atoms with Crippen LogP contribution in [0.2, 0.25) is 0 Å². The third kappa shape index (κ3) is 3.02. The standard InChI is InChI=1S/C7H13NO3/c1-5(8-11)4-7(2,3)6(9)10/h11H,4H2,1-3H3,(H,9,10)/b8-5+. The van der Waals surface area contributed by atoms with Gasteiger partial charge in [-0.25, -0.2) is 0 Å². The zero-order valence-electron chi connectivity index (χ0n) is 6.96. The van der Waals surface area contributed by atoms with Crippen LogP contribution in [0, 0.1) is 5.41 Å². The summed E-state index contributed by atoms with van der Waals surface area (Å²) in [4.78, 5) is 10.5. The summed E-state index contributed by atoms with van der Waals surface area (Å²) < 4.78 is 0. The molecule has 2 N–H and O–H groups in total. The van der Waals surface area contributed by atoms with Crippen molar-refractivity contribution in [2.24, 2.45) is 10.6 Å². The van der Waals surface area contributed by atoms with Crippen molar-refractivity contribution in [1.82, 2.24) is 0 Å². The molecule has 0 radical (unpaired) electrons. The lowest BCUT2D eigenvalue weighted by Gasteiger charge is -2.17. The Kier molecular flexibility index (Phi) is 3.04. The Balaban J connectivity index is 4.24. The first-order valence-corrected chi connectivity index (χ1v) is 3.31. The Bertz CT molecular complexity index is 184. The van der Waals surface area contributed by atoms with E-state index in [0.717, 1.165) is 0 Å². The monoisotopic (exact) mass is 159 g/mol. The normalized spacial score (nSPS) is 13.2. The number of nitrogens with zero attached hydrogens (tertiary/aromatic N) is 1. The van der Waals surface area contributed by atoms with Gasteiger partial charge >= 0.3 is 5.97 Å². The molecule has 4 heteroatoms. The summed E-state index contributed by atoms with van der Waals surface area (Å²) in [6, 6.07) is 0. The molecule has 0 spiro atoms. The molecule has 4 nitrogen and oxygen atoms in total. The second kappa shape index (κ2) is 3.37. The van der Waals surface area contributed by atoms with Crippen molar-refractivity contribution in [3.63, 3.8) is 0 Å². The summed E-state index contributed by atoms with van der Waals surface area (Å²) in [7, 11) is 0. The van der Waals surface area contributed by atoms with Gasteiger partial charge in [0.15, 0.2) is 0 Å². The topological polar surface area (TPSA) is 69.9 Å². The van der Waals surface area contributed by atoms with Crippen molar-refractivity contribution in [3.8, 4) is 0 Å². The highest BCUT2D eigenvalue weighted by molar-refractivity contribution is 5.87. The molecule has 0 rings (SSSR count). The average molecular weight is 159 g/mol. The third-order valence-electron chi connectivity index (χ3n) is 1.45. The number of carboxylic acid groups (broad SMARTS) is 1. The van der Waals surface area contributed by atoms with E-state index in [0.29, 0.717) is 5.71 Å². The molecule has 0 aliphatic rings. The Labute approximate surface area is 65.5 Å². The minimum Gasteiger partial charge on any atom is -0.481 e. The molecule has 0 aromatic carbocycles. The molecule has 0 fully saturated rings. The SMILES string of the molecule is C/C(CC(C)(C)C(=O)O)=N\O. The molecule has 0 heterocycles. The van der Waals surface area contributed by atoms with E-state index in [1.807, 2.05) is 0 Å². The van der Waals surface area contributed by atoms with Gasteiger partial charge in [0.2, 0.25) is 0 Å². The lowest BCUT2D eigenvalue weighted by atomic mass is 9.88. The van der Waals surface area contributed by atoms with Crippen molar-refractivity contribution in [2.75, 3.05) is 0 Å². The summed E-state index contributed by atoms with van der Waals surface area (Å²) in [5, 5.41) is 19.8. The van der Waals surface area contributed by atoms with Gasteiger partial charge < -0.3 is 10.3 Å². The number of rotatable bonds is 3. The molecule has 0 aromatic rings. The van der Waals surface area contributed by atoms with Crippen LogP contribution in [0.5, 0.6) is 0 Å². The quantitative estimate of drug-likeness (QED) is 0.371. The minimum absolute atomic E-state index is 0.263. The third-order valence-corrected chi connectivity index (χ3v) is 1.45. The molecule has 11 heavy (non-hydrogen) atoms. The molecule has 0 aromatic heterocycles. The van der Waals surface area contributed by atoms with E-state index in [9.17, 15) is 4.79 Å². The van der Waals surface area contributed by atoms with E-state index in [-0.39, 0.29) is 6.42 Å². The second-order valence-electron chi connectivity index (χ2n) is 3.20. The predicted octanol–water partition coefficient (Wildman–Crippen LogP) is 1.34. The molecule has 0 aliphatic heterocycles. The number of hydrogen-bond donors (Lipinski definition) is 2. The molecule has 0 atom stereocenters. The molecule has 0 saturated heterocycles. The lowest BCUT2D eigenvalue weighted by molar-refractivity contribution is -0.146. The van der Waals surface area contributed by atoms with Gasteiger partial charge in [-0.2, -0.15) is 0 Å². The van der Waals surface area contributed by atoms with Crippen LogP contribution in [0.4, 0.5) is 0 Å². The van der Waals surface area contributed by atoms with Gasteiger partial charge in [-0.15, -0.1) is 0 Å². The maximum absolute atomic E-state index is 10.5. The van der Waals surface area contributed by atoms with Gasteiger partial charge in [0.25, 0.3) is 0 Å². The maximum Gasteiger partial charge on any atom is 0.309 e. The van der Waals surface area contributed by atoms with E-state index in [1.54, 1.807) is 20.8 Å². The number of aliphatic carboxylic acids is 1. The molecule has 64 valence electrons. The van der Waals surface area contributed by atoms with E-state index in [4.69, 9.17) is 10.3 Å². The molecule has 0 bridgehead atoms. The van der Waals surface area contributed by atoms with Crippen LogP contribution in [0.25, 0.3) is 0 Å². The van der Waals surface area contributed by atoms with Gasteiger partial charge in [-0.05, 0) is 20.8 Å². The molecule has 0 aliphatic carbocycles. The van der Waals surface area contributed by atoms with E-state index < -0.39 is 11.4 Å². The summed E-state index contributed by atoms with van der Waals surface area (Å²) in [5.74, 6) is -0.888. The summed E-state index contributed by atoms with van der Waals surface area (Å²) in [5.41, 5.74) is -0.423. The average Bonchev–Trinajstić information content (AvgIpc) is 1.86. The Morgan fingerprint density at radius 3 is 2.27 bits per heavy atom. The maximum atomic E-state index is 10.5. The Hall–Kier alpha value is -1.06. The highest BCUT2D eigenvalue weighted by atomic mass is 16.4. The van der Waals surface area contributed by atoms with Crippen molar-refractivity contribution in [2.45, 2.75) is 27.2 Å². The van der Waals surface area contributed by atoms with Gasteiger partial charge in [0.1, 0.15) is 0 Å². The number of oxime groups is 1. The van der Waals surface area contributed by atoms with Gasteiger partial charge in [0.05, 0.1) is 11.1 Å². The first-order valence-electron chi connectivity index (χ1n) is 3.31. The summed E-state index contributed by atoms with van der Waals surface area (Å²) >= 11 is 0. The van der Waals surface area contributed by atoms with Crippen LogP contribution in [-0.4, -0.2) is 22.0 Å². The van der Waals surface area contributed by atoms with Crippen molar-refractivity contribution in [1.29, 1.82) is 0 Å². The van der Waals surface area contributed by atoms with Crippen LogP contribution >= 0.6 is 0 Å². The first kappa shape index (κ1) is 9.94. The van der Waals surface area contributed by atoms with Crippen molar-refractivity contribution < 1.29 is 15.1 Å². The summed E-state index contributed by atoms with van der Waals surface area (Å²) in [6.07, 6.45) is 0.263. The predicted molar refractivity (Wildman–Crippen MR) is 40.9 cm³/mol. The zero-order chi connectivity index (χ0) is 9.07. The first-order chi connectivity index (χ1) is 4.90. The number of carbonyl (C=O) groups is 1. The fourth-order valence-electron chi connectivity index (χ4n) is 0.751. The van der Waals surface area contributed by atoms with Crippen LogP contribution < -0.4 is 0 Å². The smallest absolute Gasteiger partial charge is 0.309 e. The van der Waals surface area contributed by atoms with E-state index in [1.165, 1.54) is 0 Å². The van der Waals surface area contributed by atoms with Gasteiger partial charge in [-0.3, -0.25) is 4.79 Å². The number of hydrogen-bond acceptors (Lipinski definition) is 3. The zero-order valence-corrected chi connectivity index (χ0v) is 6.96. The second-order valence-corrected chi connectivity index (χ2v) is 3.20. The van der Waals surface area contributed by atoms with Gasteiger partial charge in [-0.1, -0.05) is 5.16 Å². The van der Waals surface area contributed by atoms with Crippen LogP contribution in [0.3, 0.4) is 0 Å². The minimum atomic E-state index is -0.888. The molecule has 0 saturated carbocycles. The Morgan fingerprint density at radius 2 is 2.00 bits per heavy atom. The van der Waals surface area contributed by atoms with Crippen LogP contribution in [-0.2, 0) is 4.79 Å². The fraction of sp³-hybridized carbons (Fsp3) is 0.714. The van der Waals surface area contributed by atoms with Crippen molar-refractivity contribution in [3.05, 3.63) is 0 Å². The van der Waals surface area contributed by atoms with Crippen LogP contribution in [0.1, 0.15) is 27.2 Å². The van der Waals surface area contributed by atoms with E-state index >= 15 is 0 Å². The van der Waals surface area contributed by atoms with E-state index in [2.05, 4.69) is 5.16 Å². The molecular formula is C7H13NO3. The molecule has 0 amide bonds. The van der Waals surface area contributed by atoms with Crippen LogP contribution in [0.15, 0.2) is 5.16 Å². The molecule has 0 unspecified atom stereocenters.